The number of benzene rings is 2. The molecule has 0 radical (unpaired) electrons. The molecule has 0 saturated carbocycles. The first-order valence-electron chi connectivity index (χ1n) is 8.94. The highest BCUT2D eigenvalue weighted by Crippen LogP contribution is 2.34. The Morgan fingerprint density at radius 1 is 1.15 bits per heavy atom. The molecular formula is C21H25FN2O2. The first kappa shape index (κ1) is 18.5. The van der Waals surface area contributed by atoms with Crippen LogP contribution in [-0.2, 0) is 14.9 Å². The fourth-order valence-corrected chi connectivity index (χ4v) is 3.42. The monoisotopic (exact) mass is 356 g/mol. The zero-order valence-electron chi connectivity index (χ0n) is 15.0. The molecular weight excluding hydrogens is 331 g/mol. The summed E-state index contributed by atoms with van der Waals surface area (Å²) in [7, 11) is 0. The quantitative estimate of drug-likeness (QED) is 0.866. The van der Waals surface area contributed by atoms with Crippen LogP contribution < -0.4 is 11.1 Å². The molecule has 26 heavy (non-hydrogen) atoms. The summed E-state index contributed by atoms with van der Waals surface area (Å²) in [6, 6.07) is 13.5. The molecule has 2 aromatic carbocycles. The molecule has 1 fully saturated rings. The number of carbonyl (C=O) groups is 1. The molecule has 1 saturated heterocycles. The Morgan fingerprint density at radius 3 is 2.38 bits per heavy atom. The molecule has 1 unspecified atom stereocenters. The number of hydrogen-bond acceptors (Lipinski definition) is 3. The van der Waals surface area contributed by atoms with Gasteiger partial charge in [0.1, 0.15) is 11.9 Å². The number of halogens is 1. The highest BCUT2D eigenvalue weighted by atomic mass is 19.1. The molecule has 0 spiro atoms. The van der Waals surface area contributed by atoms with E-state index < -0.39 is 6.04 Å². The maximum atomic E-state index is 13.3. The van der Waals surface area contributed by atoms with Crippen LogP contribution in [0.5, 0.6) is 0 Å². The summed E-state index contributed by atoms with van der Waals surface area (Å²) in [6.07, 6.45) is 1.55. The zero-order chi connectivity index (χ0) is 18.6. The van der Waals surface area contributed by atoms with Gasteiger partial charge in [0, 0.05) is 25.2 Å². The maximum absolute atomic E-state index is 13.3. The van der Waals surface area contributed by atoms with Crippen molar-refractivity contribution in [2.75, 3.05) is 19.8 Å². The summed E-state index contributed by atoms with van der Waals surface area (Å²) in [5.74, 6) is -0.469. The van der Waals surface area contributed by atoms with E-state index in [1.54, 1.807) is 12.1 Å². The van der Waals surface area contributed by atoms with Crippen LogP contribution >= 0.6 is 0 Å². The van der Waals surface area contributed by atoms with Crippen LogP contribution in [0.2, 0.25) is 0 Å². The lowest BCUT2D eigenvalue weighted by Crippen LogP contribution is -2.46. The molecule has 4 nitrogen and oxygen atoms in total. The van der Waals surface area contributed by atoms with Crippen molar-refractivity contribution in [1.82, 2.24) is 5.32 Å². The van der Waals surface area contributed by atoms with Crippen molar-refractivity contribution >= 4 is 5.91 Å². The van der Waals surface area contributed by atoms with E-state index in [-0.39, 0.29) is 17.1 Å². The lowest BCUT2D eigenvalue weighted by molar-refractivity contribution is -0.123. The number of hydrogen-bond donors (Lipinski definition) is 2. The first-order valence-corrected chi connectivity index (χ1v) is 8.94. The predicted molar refractivity (Wildman–Crippen MR) is 99.2 cm³/mol. The van der Waals surface area contributed by atoms with E-state index in [1.165, 1.54) is 12.1 Å². The van der Waals surface area contributed by atoms with Crippen LogP contribution in [-0.4, -0.2) is 25.7 Å². The molecule has 1 heterocycles. The SMILES string of the molecule is Cc1ccc(C(N)C(=O)NCC2(c3ccc(F)cc3)CCOCC2)cc1. The molecule has 0 aromatic heterocycles. The van der Waals surface area contributed by atoms with Crippen molar-refractivity contribution in [2.24, 2.45) is 5.73 Å². The molecule has 1 atom stereocenters. The van der Waals surface area contributed by atoms with Crippen molar-refractivity contribution in [3.63, 3.8) is 0 Å². The highest BCUT2D eigenvalue weighted by molar-refractivity contribution is 5.83. The summed E-state index contributed by atoms with van der Waals surface area (Å²) >= 11 is 0. The summed E-state index contributed by atoms with van der Waals surface area (Å²) in [5.41, 5.74) is 8.80. The standard InChI is InChI=1S/C21H25FN2O2/c1-15-2-4-16(5-3-15)19(23)20(25)24-14-21(10-12-26-13-11-21)17-6-8-18(22)9-7-17/h2-9,19H,10-14,23H2,1H3,(H,24,25). The van der Waals surface area contributed by atoms with Gasteiger partial charge < -0.3 is 15.8 Å². The maximum Gasteiger partial charge on any atom is 0.241 e. The molecule has 5 heteroatoms. The lowest BCUT2D eigenvalue weighted by atomic mass is 9.74. The number of carbonyl (C=O) groups excluding carboxylic acids is 1. The third-order valence-corrected chi connectivity index (χ3v) is 5.23. The van der Waals surface area contributed by atoms with Crippen LogP contribution in [0.4, 0.5) is 4.39 Å². The average Bonchev–Trinajstić information content (AvgIpc) is 2.67. The van der Waals surface area contributed by atoms with Crippen LogP contribution in [0, 0.1) is 12.7 Å². The Morgan fingerprint density at radius 2 is 1.77 bits per heavy atom. The van der Waals surface area contributed by atoms with Gasteiger partial charge >= 0.3 is 0 Å². The Kier molecular flexibility index (Phi) is 5.69. The van der Waals surface area contributed by atoms with Crippen molar-refractivity contribution in [3.05, 3.63) is 71.0 Å². The molecule has 1 aliphatic heterocycles. The van der Waals surface area contributed by atoms with E-state index in [4.69, 9.17) is 10.5 Å². The minimum absolute atomic E-state index is 0.207. The van der Waals surface area contributed by atoms with Crippen molar-refractivity contribution in [1.29, 1.82) is 0 Å². The van der Waals surface area contributed by atoms with Gasteiger partial charge in [-0.25, -0.2) is 4.39 Å². The molecule has 0 aliphatic carbocycles. The number of nitrogens with two attached hydrogens (primary N) is 1. The van der Waals surface area contributed by atoms with Crippen molar-refractivity contribution in [3.8, 4) is 0 Å². The van der Waals surface area contributed by atoms with Gasteiger partial charge in [-0.2, -0.15) is 0 Å². The molecule has 1 amide bonds. The number of ether oxygens (including phenoxy) is 1. The second kappa shape index (κ2) is 7.98. The molecule has 0 bridgehead atoms. The number of amides is 1. The average molecular weight is 356 g/mol. The summed E-state index contributed by atoms with van der Waals surface area (Å²) in [6.45, 7) is 3.70. The second-order valence-corrected chi connectivity index (χ2v) is 7.01. The van der Waals surface area contributed by atoms with Gasteiger partial charge in [-0.3, -0.25) is 4.79 Å². The Hall–Kier alpha value is -2.24. The highest BCUT2D eigenvalue weighted by Gasteiger charge is 2.35. The smallest absolute Gasteiger partial charge is 0.241 e. The Labute approximate surface area is 153 Å². The fourth-order valence-electron chi connectivity index (χ4n) is 3.42. The normalized spacial score (nSPS) is 17.5. The van der Waals surface area contributed by atoms with Crippen LogP contribution in [0.3, 0.4) is 0 Å². The van der Waals surface area contributed by atoms with Crippen LogP contribution in [0.15, 0.2) is 48.5 Å². The van der Waals surface area contributed by atoms with Crippen molar-refractivity contribution in [2.45, 2.75) is 31.2 Å². The van der Waals surface area contributed by atoms with E-state index in [0.717, 1.165) is 29.5 Å². The van der Waals surface area contributed by atoms with E-state index >= 15 is 0 Å². The third-order valence-electron chi connectivity index (χ3n) is 5.23. The zero-order valence-corrected chi connectivity index (χ0v) is 15.0. The number of rotatable bonds is 5. The van der Waals surface area contributed by atoms with Gasteiger partial charge in [-0.15, -0.1) is 0 Å². The minimum atomic E-state index is -0.708. The van der Waals surface area contributed by atoms with Gasteiger partial charge in [0.05, 0.1) is 0 Å². The minimum Gasteiger partial charge on any atom is -0.381 e. The Bertz CT molecular complexity index is 738. The Balaban J connectivity index is 1.72. The van der Waals surface area contributed by atoms with E-state index in [1.807, 2.05) is 31.2 Å². The van der Waals surface area contributed by atoms with Gasteiger partial charge in [0.25, 0.3) is 0 Å². The summed E-state index contributed by atoms with van der Waals surface area (Å²) < 4.78 is 18.8. The molecule has 3 N–H and O–H groups in total. The van der Waals surface area contributed by atoms with E-state index in [9.17, 15) is 9.18 Å². The van der Waals surface area contributed by atoms with E-state index in [2.05, 4.69) is 5.32 Å². The second-order valence-electron chi connectivity index (χ2n) is 7.01. The fraction of sp³-hybridized carbons (Fsp3) is 0.381. The lowest BCUT2D eigenvalue weighted by Gasteiger charge is -2.38. The number of aryl methyl sites for hydroxylation is 1. The van der Waals surface area contributed by atoms with Gasteiger partial charge in [0.2, 0.25) is 5.91 Å². The number of nitrogens with one attached hydrogen (secondary N) is 1. The van der Waals surface area contributed by atoms with Gasteiger partial charge in [0.15, 0.2) is 0 Å². The molecule has 1 aliphatic rings. The third kappa shape index (κ3) is 4.11. The van der Waals surface area contributed by atoms with Gasteiger partial charge in [-0.05, 0) is 43.0 Å². The van der Waals surface area contributed by atoms with Gasteiger partial charge in [-0.1, -0.05) is 42.0 Å². The van der Waals surface area contributed by atoms with Crippen LogP contribution in [0.1, 0.15) is 35.6 Å². The molecule has 138 valence electrons. The van der Waals surface area contributed by atoms with Crippen LogP contribution in [0.25, 0.3) is 0 Å². The first-order chi connectivity index (χ1) is 12.5. The molecule has 3 rings (SSSR count). The predicted octanol–water partition coefficient (Wildman–Crippen LogP) is 3.00. The topological polar surface area (TPSA) is 64.4 Å². The largest absolute Gasteiger partial charge is 0.381 e. The van der Waals surface area contributed by atoms with E-state index in [0.29, 0.717) is 19.8 Å². The molecule has 2 aromatic rings. The summed E-state index contributed by atoms with van der Waals surface area (Å²) in [4.78, 5) is 12.6. The van der Waals surface area contributed by atoms with Crippen molar-refractivity contribution < 1.29 is 13.9 Å². The summed E-state index contributed by atoms with van der Waals surface area (Å²) in [5, 5.41) is 3.01.